The molecule has 0 aromatic heterocycles. The Labute approximate surface area is 112 Å². The smallest absolute Gasteiger partial charge is 0.225 e. The molecular weight excluding hydrogens is 250 g/mol. The maximum atomic E-state index is 12.1. The minimum absolute atomic E-state index is 0.260. The van der Waals surface area contributed by atoms with Gasteiger partial charge in [-0.05, 0) is 31.9 Å². The van der Waals surface area contributed by atoms with Crippen molar-refractivity contribution in [2.24, 2.45) is 16.8 Å². The molecule has 0 atom stereocenters. The van der Waals surface area contributed by atoms with E-state index in [0.29, 0.717) is 19.0 Å². The van der Waals surface area contributed by atoms with E-state index in [1.54, 1.807) is 11.8 Å². The molecule has 6 heteroatoms. The Hall–Kier alpha value is -0.910. The van der Waals surface area contributed by atoms with Crippen LogP contribution in [-0.4, -0.2) is 45.9 Å². The first-order valence-corrected chi connectivity index (χ1v) is 7.67. The van der Waals surface area contributed by atoms with Gasteiger partial charge in [-0.15, -0.1) is 0 Å². The number of carbonyl (C=O) groups excluding carboxylic acids is 1. The Kier molecular flexibility index (Phi) is 4.04. The second-order valence-corrected chi connectivity index (χ2v) is 6.33. The molecule has 3 N–H and O–H groups in total. The SMILES string of the molecule is CSC1(C(N)=NO)CCN(C(=O)C2CCC2)CC1. The summed E-state index contributed by atoms with van der Waals surface area (Å²) in [5.74, 6) is 0.844. The molecule has 0 spiro atoms. The molecule has 1 aliphatic carbocycles. The third-order valence-corrected chi connectivity index (χ3v) is 5.70. The highest BCUT2D eigenvalue weighted by Gasteiger charge is 2.40. The number of amidine groups is 1. The van der Waals surface area contributed by atoms with E-state index in [9.17, 15) is 4.79 Å². The number of nitrogens with two attached hydrogens (primary N) is 1. The summed E-state index contributed by atoms with van der Waals surface area (Å²) in [5.41, 5.74) is 5.79. The van der Waals surface area contributed by atoms with Gasteiger partial charge in [-0.2, -0.15) is 11.8 Å². The molecule has 0 aromatic rings. The Bertz CT molecular complexity index is 347. The van der Waals surface area contributed by atoms with Crippen molar-refractivity contribution < 1.29 is 10.0 Å². The number of carbonyl (C=O) groups is 1. The van der Waals surface area contributed by atoms with Crippen LogP contribution in [0.15, 0.2) is 5.16 Å². The van der Waals surface area contributed by atoms with E-state index >= 15 is 0 Å². The molecule has 0 radical (unpaired) electrons. The van der Waals surface area contributed by atoms with Crippen molar-refractivity contribution in [1.29, 1.82) is 0 Å². The van der Waals surface area contributed by atoms with E-state index in [-0.39, 0.29) is 16.5 Å². The van der Waals surface area contributed by atoms with Gasteiger partial charge < -0.3 is 15.8 Å². The zero-order chi connectivity index (χ0) is 13.2. The highest BCUT2D eigenvalue weighted by molar-refractivity contribution is 8.00. The number of hydrogen-bond acceptors (Lipinski definition) is 4. The van der Waals surface area contributed by atoms with Gasteiger partial charge in [-0.25, -0.2) is 0 Å². The van der Waals surface area contributed by atoms with Gasteiger partial charge in [0.25, 0.3) is 0 Å². The monoisotopic (exact) mass is 271 g/mol. The lowest BCUT2D eigenvalue weighted by Gasteiger charge is -2.41. The molecular formula is C12H21N3O2S. The summed E-state index contributed by atoms with van der Waals surface area (Å²) in [4.78, 5) is 14.1. The van der Waals surface area contributed by atoms with Gasteiger partial charge >= 0.3 is 0 Å². The summed E-state index contributed by atoms with van der Waals surface area (Å²) < 4.78 is -0.300. The van der Waals surface area contributed by atoms with Crippen LogP contribution < -0.4 is 5.73 Å². The molecule has 1 aliphatic heterocycles. The Morgan fingerprint density at radius 2 is 2.06 bits per heavy atom. The van der Waals surface area contributed by atoms with Crippen LogP contribution >= 0.6 is 11.8 Å². The molecule has 2 aliphatic rings. The highest BCUT2D eigenvalue weighted by atomic mass is 32.2. The molecule has 1 amide bonds. The zero-order valence-corrected chi connectivity index (χ0v) is 11.6. The number of thioether (sulfide) groups is 1. The predicted molar refractivity (Wildman–Crippen MR) is 72.8 cm³/mol. The minimum Gasteiger partial charge on any atom is -0.409 e. The molecule has 102 valence electrons. The fraction of sp³-hybridized carbons (Fsp3) is 0.833. The molecule has 5 nitrogen and oxygen atoms in total. The average molecular weight is 271 g/mol. The number of amides is 1. The molecule has 2 rings (SSSR count). The van der Waals surface area contributed by atoms with Crippen LogP contribution in [0.25, 0.3) is 0 Å². The zero-order valence-electron chi connectivity index (χ0n) is 10.8. The van der Waals surface area contributed by atoms with Gasteiger partial charge in [0.2, 0.25) is 5.91 Å². The summed E-state index contributed by atoms with van der Waals surface area (Å²) in [6, 6.07) is 0. The lowest BCUT2D eigenvalue weighted by Crippen LogP contribution is -2.52. The normalized spacial score (nSPS) is 24.7. The molecule has 18 heavy (non-hydrogen) atoms. The largest absolute Gasteiger partial charge is 0.409 e. The third kappa shape index (κ3) is 2.30. The first kappa shape index (κ1) is 13.5. The second kappa shape index (κ2) is 5.38. The van der Waals surface area contributed by atoms with Gasteiger partial charge in [-0.3, -0.25) is 4.79 Å². The van der Waals surface area contributed by atoms with E-state index in [1.807, 2.05) is 11.2 Å². The van der Waals surface area contributed by atoms with Crippen LogP contribution in [0.5, 0.6) is 0 Å². The summed E-state index contributed by atoms with van der Waals surface area (Å²) in [6.45, 7) is 1.43. The third-order valence-electron chi connectivity index (χ3n) is 4.30. The fourth-order valence-electron chi connectivity index (χ4n) is 2.66. The van der Waals surface area contributed by atoms with Gasteiger partial charge in [0.05, 0.1) is 4.75 Å². The average Bonchev–Trinajstić information content (AvgIpc) is 2.35. The maximum absolute atomic E-state index is 12.1. The second-order valence-electron chi connectivity index (χ2n) is 5.14. The van der Waals surface area contributed by atoms with Crippen LogP contribution in [0, 0.1) is 5.92 Å². The number of nitrogens with zero attached hydrogens (tertiary/aromatic N) is 2. The number of rotatable bonds is 3. The van der Waals surface area contributed by atoms with E-state index < -0.39 is 0 Å². The van der Waals surface area contributed by atoms with Crippen LogP contribution in [0.1, 0.15) is 32.1 Å². The minimum atomic E-state index is -0.300. The van der Waals surface area contributed by atoms with E-state index in [2.05, 4.69) is 5.16 Å². The molecule has 1 saturated carbocycles. The highest BCUT2D eigenvalue weighted by Crippen LogP contribution is 2.36. The van der Waals surface area contributed by atoms with Crippen molar-refractivity contribution in [3.05, 3.63) is 0 Å². The molecule has 0 bridgehead atoms. The topological polar surface area (TPSA) is 78.9 Å². The van der Waals surface area contributed by atoms with Crippen LogP contribution in [0.4, 0.5) is 0 Å². The molecule has 2 fully saturated rings. The number of hydrogen-bond donors (Lipinski definition) is 2. The Morgan fingerprint density at radius 3 is 2.44 bits per heavy atom. The van der Waals surface area contributed by atoms with Crippen molar-refractivity contribution in [3.63, 3.8) is 0 Å². The van der Waals surface area contributed by atoms with E-state index in [4.69, 9.17) is 10.9 Å². The van der Waals surface area contributed by atoms with Crippen molar-refractivity contribution in [3.8, 4) is 0 Å². The van der Waals surface area contributed by atoms with Gasteiger partial charge in [0, 0.05) is 19.0 Å². The summed E-state index contributed by atoms with van der Waals surface area (Å²) in [7, 11) is 0. The van der Waals surface area contributed by atoms with Crippen molar-refractivity contribution in [2.75, 3.05) is 19.3 Å². The number of oxime groups is 1. The Morgan fingerprint density at radius 1 is 1.44 bits per heavy atom. The van der Waals surface area contributed by atoms with Crippen LogP contribution in [0.2, 0.25) is 0 Å². The fourth-order valence-corrected chi connectivity index (χ4v) is 3.50. The van der Waals surface area contributed by atoms with Crippen molar-refractivity contribution >= 4 is 23.5 Å². The lowest BCUT2D eigenvalue weighted by molar-refractivity contribution is -0.139. The first-order valence-electron chi connectivity index (χ1n) is 6.45. The number of likely N-dealkylation sites (tertiary alicyclic amines) is 1. The van der Waals surface area contributed by atoms with Crippen LogP contribution in [0.3, 0.4) is 0 Å². The summed E-state index contributed by atoms with van der Waals surface area (Å²) >= 11 is 1.61. The molecule has 0 aromatic carbocycles. The summed E-state index contributed by atoms with van der Waals surface area (Å²) in [5, 5.41) is 12.0. The Balaban J connectivity index is 1.95. The van der Waals surface area contributed by atoms with Gasteiger partial charge in [0.1, 0.15) is 0 Å². The summed E-state index contributed by atoms with van der Waals surface area (Å²) in [6.07, 6.45) is 6.78. The lowest BCUT2D eigenvalue weighted by atomic mass is 9.83. The molecule has 1 heterocycles. The first-order chi connectivity index (χ1) is 8.63. The van der Waals surface area contributed by atoms with Crippen molar-refractivity contribution in [1.82, 2.24) is 4.90 Å². The molecule has 0 unspecified atom stereocenters. The van der Waals surface area contributed by atoms with E-state index in [1.165, 1.54) is 6.42 Å². The van der Waals surface area contributed by atoms with Crippen molar-refractivity contribution in [2.45, 2.75) is 36.9 Å². The standard InChI is InChI=1S/C12H21N3O2S/c1-18-12(11(13)14-17)5-7-15(8-6-12)10(16)9-3-2-4-9/h9,17H,2-8H2,1H3,(H2,13,14). The molecule has 1 saturated heterocycles. The van der Waals surface area contributed by atoms with E-state index in [0.717, 1.165) is 25.7 Å². The predicted octanol–water partition coefficient (Wildman–Crippen LogP) is 1.26. The van der Waals surface area contributed by atoms with Crippen LogP contribution in [-0.2, 0) is 4.79 Å². The quantitative estimate of drug-likeness (QED) is 0.350. The van der Waals surface area contributed by atoms with Gasteiger partial charge in [0.15, 0.2) is 5.84 Å². The maximum Gasteiger partial charge on any atom is 0.225 e. The van der Waals surface area contributed by atoms with Gasteiger partial charge in [-0.1, -0.05) is 11.6 Å². The number of piperidine rings is 1.